The fourth-order valence-electron chi connectivity index (χ4n) is 2.76. The number of hydrogen-bond donors (Lipinski definition) is 1. The molecule has 0 atom stereocenters. The molecule has 3 rings (SSSR count). The van der Waals surface area contributed by atoms with Crippen molar-refractivity contribution in [1.82, 2.24) is 0 Å². The lowest BCUT2D eigenvalue weighted by Crippen LogP contribution is -2.03. The molecule has 0 bridgehead atoms. The fourth-order valence-corrected chi connectivity index (χ4v) is 2.76. The van der Waals surface area contributed by atoms with Crippen LogP contribution in [-0.2, 0) is 11.3 Å². The van der Waals surface area contributed by atoms with E-state index in [0.29, 0.717) is 19.1 Å². The van der Waals surface area contributed by atoms with Crippen LogP contribution in [0, 0.1) is 5.92 Å². The highest BCUT2D eigenvalue weighted by Gasteiger charge is 2.13. The van der Waals surface area contributed by atoms with Gasteiger partial charge in [-0.2, -0.15) is 0 Å². The topological polar surface area (TPSA) is 38.7 Å². The molecule has 3 nitrogen and oxygen atoms in total. The smallest absolute Gasteiger partial charge is 0.135 e. The van der Waals surface area contributed by atoms with Crippen LogP contribution in [0.1, 0.15) is 19.4 Å². The third kappa shape index (κ3) is 4.64. The average molecular weight is 348 g/mol. The van der Waals surface area contributed by atoms with Gasteiger partial charge >= 0.3 is 0 Å². The van der Waals surface area contributed by atoms with E-state index in [-0.39, 0.29) is 5.75 Å². The van der Waals surface area contributed by atoms with Crippen LogP contribution in [0.4, 0.5) is 0 Å². The van der Waals surface area contributed by atoms with E-state index < -0.39 is 0 Å². The van der Waals surface area contributed by atoms with Crippen molar-refractivity contribution >= 4 is 0 Å². The third-order valence-electron chi connectivity index (χ3n) is 3.95. The van der Waals surface area contributed by atoms with Gasteiger partial charge in [-0.05, 0) is 47.4 Å². The summed E-state index contributed by atoms with van der Waals surface area (Å²) in [4.78, 5) is 0. The molecule has 0 aliphatic carbocycles. The number of rotatable bonds is 7. The van der Waals surface area contributed by atoms with Gasteiger partial charge < -0.3 is 14.6 Å². The summed E-state index contributed by atoms with van der Waals surface area (Å²) in [7, 11) is 0. The van der Waals surface area contributed by atoms with E-state index in [1.807, 2.05) is 54.6 Å². The number of hydrogen-bond acceptors (Lipinski definition) is 3. The molecule has 0 aromatic heterocycles. The summed E-state index contributed by atoms with van der Waals surface area (Å²) < 4.78 is 12.0. The average Bonchev–Trinajstić information content (AvgIpc) is 2.63. The lowest BCUT2D eigenvalue weighted by atomic mass is 9.98. The van der Waals surface area contributed by atoms with Crippen LogP contribution in [0.25, 0.3) is 11.1 Å². The van der Waals surface area contributed by atoms with Crippen molar-refractivity contribution in [3.05, 3.63) is 78.4 Å². The molecule has 0 amide bonds. The Hall–Kier alpha value is -2.78. The zero-order chi connectivity index (χ0) is 18.4. The number of aromatic hydroxyl groups is 1. The maximum atomic E-state index is 9.62. The number of ether oxygens (including phenoxy) is 2. The highest BCUT2D eigenvalue weighted by Crippen LogP contribution is 2.37. The lowest BCUT2D eigenvalue weighted by molar-refractivity contribution is 0.0973. The first kappa shape index (κ1) is 18.0. The van der Waals surface area contributed by atoms with Crippen LogP contribution in [0.15, 0.2) is 72.8 Å². The molecule has 0 heterocycles. The van der Waals surface area contributed by atoms with Gasteiger partial charge in [0.1, 0.15) is 17.2 Å². The largest absolute Gasteiger partial charge is 0.508 e. The zero-order valence-corrected chi connectivity index (χ0v) is 15.2. The second kappa shape index (κ2) is 8.54. The van der Waals surface area contributed by atoms with Crippen LogP contribution >= 0.6 is 0 Å². The summed E-state index contributed by atoms with van der Waals surface area (Å²) in [5.41, 5.74) is 3.03. The molecular weight excluding hydrogens is 324 g/mol. The summed E-state index contributed by atoms with van der Waals surface area (Å²) in [5, 5.41) is 9.62. The number of phenolic OH excluding ortho intramolecular Hbond substituents is 1. The van der Waals surface area contributed by atoms with E-state index in [1.165, 1.54) is 0 Å². The minimum absolute atomic E-state index is 0.243. The molecule has 0 unspecified atom stereocenters. The number of phenols is 1. The van der Waals surface area contributed by atoms with Gasteiger partial charge in [0.05, 0.1) is 6.61 Å². The van der Waals surface area contributed by atoms with Gasteiger partial charge in [-0.1, -0.05) is 56.3 Å². The van der Waals surface area contributed by atoms with E-state index in [9.17, 15) is 5.11 Å². The van der Waals surface area contributed by atoms with Crippen LogP contribution in [-0.4, -0.2) is 11.7 Å². The van der Waals surface area contributed by atoms with E-state index in [2.05, 4.69) is 19.9 Å². The molecule has 3 heteroatoms. The Labute approximate surface area is 154 Å². The summed E-state index contributed by atoms with van der Waals surface area (Å²) in [6.45, 7) is 5.49. The highest BCUT2D eigenvalue weighted by molar-refractivity contribution is 5.74. The summed E-state index contributed by atoms with van der Waals surface area (Å²) >= 11 is 0. The first-order valence-corrected chi connectivity index (χ1v) is 8.85. The van der Waals surface area contributed by atoms with Crippen LogP contribution in [0.5, 0.6) is 17.2 Å². The Morgan fingerprint density at radius 3 is 2.27 bits per heavy atom. The van der Waals surface area contributed by atoms with Crippen molar-refractivity contribution in [2.24, 2.45) is 5.92 Å². The Bertz CT molecular complexity index is 824. The van der Waals surface area contributed by atoms with E-state index in [1.54, 1.807) is 12.1 Å². The van der Waals surface area contributed by atoms with Crippen LogP contribution in [0.3, 0.4) is 0 Å². The summed E-state index contributed by atoms with van der Waals surface area (Å²) in [5.74, 6) is 2.28. The van der Waals surface area contributed by atoms with Crippen molar-refractivity contribution in [3.8, 4) is 28.4 Å². The molecule has 26 heavy (non-hydrogen) atoms. The van der Waals surface area contributed by atoms with Gasteiger partial charge in [0.25, 0.3) is 0 Å². The quantitative estimate of drug-likeness (QED) is 0.567. The Morgan fingerprint density at radius 2 is 1.58 bits per heavy atom. The van der Waals surface area contributed by atoms with Crippen molar-refractivity contribution in [2.45, 2.75) is 20.5 Å². The predicted octanol–water partition coefficient (Wildman–Crippen LogP) is 6.02. The van der Waals surface area contributed by atoms with Crippen molar-refractivity contribution < 1.29 is 14.6 Å². The first-order valence-electron chi connectivity index (χ1n) is 8.85. The SMILES string of the molecule is CC(C)COCc1cccc(Oc2ccccc2)c1-c1ccc(O)cc1. The molecule has 3 aromatic carbocycles. The van der Waals surface area contributed by atoms with Gasteiger partial charge in [-0.3, -0.25) is 0 Å². The van der Waals surface area contributed by atoms with E-state index in [0.717, 1.165) is 28.2 Å². The second-order valence-corrected chi connectivity index (χ2v) is 6.66. The summed E-state index contributed by atoms with van der Waals surface area (Å²) in [6, 6.07) is 22.9. The molecule has 0 radical (unpaired) electrons. The van der Waals surface area contributed by atoms with Crippen LogP contribution in [0.2, 0.25) is 0 Å². The van der Waals surface area contributed by atoms with Gasteiger partial charge in [-0.25, -0.2) is 0 Å². The Kier molecular flexibility index (Phi) is 5.92. The molecule has 1 N–H and O–H groups in total. The van der Waals surface area contributed by atoms with Crippen LogP contribution < -0.4 is 4.74 Å². The summed E-state index contributed by atoms with van der Waals surface area (Å²) in [6.07, 6.45) is 0. The van der Waals surface area contributed by atoms with Crippen molar-refractivity contribution in [1.29, 1.82) is 0 Å². The van der Waals surface area contributed by atoms with Crippen molar-refractivity contribution in [2.75, 3.05) is 6.61 Å². The normalized spacial score (nSPS) is 10.9. The fraction of sp³-hybridized carbons (Fsp3) is 0.217. The molecular formula is C23H24O3. The van der Waals surface area contributed by atoms with Crippen molar-refractivity contribution in [3.63, 3.8) is 0 Å². The Morgan fingerprint density at radius 1 is 0.846 bits per heavy atom. The standard InChI is InChI=1S/C23H24O3/c1-17(2)15-25-16-19-7-6-10-22(26-21-8-4-3-5-9-21)23(19)18-11-13-20(24)14-12-18/h3-14,17,24H,15-16H2,1-2H3. The minimum atomic E-state index is 0.243. The molecule has 3 aromatic rings. The maximum Gasteiger partial charge on any atom is 0.135 e. The van der Waals surface area contributed by atoms with Gasteiger partial charge in [-0.15, -0.1) is 0 Å². The molecule has 0 saturated heterocycles. The second-order valence-electron chi connectivity index (χ2n) is 6.66. The van der Waals surface area contributed by atoms with E-state index >= 15 is 0 Å². The lowest BCUT2D eigenvalue weighted by Gasteiger charge is -2.17. The van der Waals surface area contributed by atoms with Gasteiger partial charge in [0, 0.05) is 12.2 Å². The van der Waals surface area contributed by atoms with Gasteiger partial charge in [0.15, 0.2) is 0 Å². The Balaban J connectivity index is 1.98. The molecule has 0 saturated carbocycles. The maximum absolute atomic E-state index is 9.62. The molecule has 0 spiro atoms. The monoisotopic (exact) mass is 348 g/mol. The minimum Gasteiger partial charge on any atom is -0.508 e. The van der Waals surface area contributed by atoms with E-state index in [4.69, 9.17) is 9.47 Å². The third-order valence-corrected chi connectivity index (χ3v) is 3.95. The number of benzene rings is 3. The van der Waals surface area contributed by atoms with Gasteiger partial charge in [0.2, 0.25) is 0 Å². The number of para-hydroxylation sites is 1. The highest BCUT2D eigenvalue weighted by atomic mass is 16.5. The zero-order valence-electron chi connectivity index (χ0n) is 15.2. The molecule has 134 valence electrons. The molecule has 0 fully saturated rings. The molecule has 0 aliphatic heterocycles. The molecule has 0 aliphatic rings. The first-order chi connectivity index (χ1) is 12.6. The predicted molar refractivity (Wildman–Crippen MR) is 105 cm³/mol.